The van der Waals surface area contributed by atoms with Crippen LogP contribution in [0.5, 0.6) is 5.75 Å². The Morgan fingerprint density at radius 3 is 2.48 bits per heavy atom. The number of nitrogens with zero attached hydrogens (tertiary/aromatic N) is 3. The number of azo groups is 1. The molecular formula is C18H15N3O4S2. The number of aryl methyl sites for hydroxylation is 1. The predicted octanol–water partition coefficient (Wildman–Crippen LogP) is 5.14. The predicted molar refractivity (Wildman–Crippen MR) is 107 cm³/mol. The van der Waals surface area contributed by atoms with Gasteiger partial charge in [0.05, 0.1) is 11.4 Å². The van der Waals surface area contributed by atoms with E-state index in [1.165, 1.54) is 12.1 Å². The Hall–Kier alpha value is -2.75. The van der Waals surface area contributed by atoms with E-state index in [1.54, 1.807) is 37.3 Å². The van der Waals surface area contributed by atoms with Crippen LogP contribution < -0.4 is 0 Å². The lowest BCUT2D eigenvalue weighted by atomic mass is 10.1. The highest BCUT2D eigenvalue weighted by atomic mass is 32.2. The molecule has 0 aliphatic heterocycles. The summed E-state index contributed by atoms with van der Waals surface area (Å²) in [6.07, 6.45) is 0. The van der Waals surface area contributed by atoms with Crippen LogP contribution in [-0.4, -0.2) is 24.8 Å². The number of thiol groups is 1. The van der Waals surface area contributed by atoms with Crippen molar-refractivity contribution in [3.8, 4) is 5.75 Å². The minimum atomic E-state index is -4.66. The van der Waals surface area contributed by atoms with Gasteiger partial charge in [-0.25, -0.2) is 0 Å². The molecule has 0 amide bonds. The number of benzene rings is 3. The topological polar surface area (TPSA) is 112 Å². The van der Waals surface area contributed by atoms with Crippen molar-refractivity contribution in [2.45, 2.75) is 16.7 Å². The van der Waals surface area contributed by atoms with E-state index < -0.39 is 20.8 Å². The molecule has 9 heteroatoms. The van der Waals surface area contributed by atoms with Crippen LogP contribution in [0.3, 0.4) is 0 Å². The van der Waals surface area contributed by atoms with Crippen molar-refractivity contribution in [3.63, 3.8) is 0 Å². The molecule has 3 aromatic rings. The summed E-state index contributed by atoms with van der Waals surface area (Å²) in [7, 11) is -4.66. The van der Waals surface area contributed by atoms with Gasteiger partial charge in [0.15, 0.2) is 5.75 Å². The van der Waals surface area contributed by atoms with Crippen LogP contribution in [0, 0.1) is 6.92 Å². The van der Waals surface area contributed by atoms with Crippen LogP contribution in [0.2, 0.25) is 0 Å². The molecule has 0 bridgehead atoms. The van der Waals surface area contributed by atoms with Gasteiger partial charge in [-0.15, -0.1) is 17.7 Å². The quantitative estimate of drug-likeness (QED) is 0.243. The third kappa shape index (κ3) is 3.85. The molecule has 0 saturated heterocycles. The molecule has 0 radical (unpaired) electrons. The van der Waals surface area contributed by atoms with E-state index in [0.717, 1.165) is 5.56 Å². The molecule has 0 heterocycles. The number of hydrogen-bond acceptors (Lipinski definition) is 7. The van der Waals surface area contributed by atoms with Crippen LogP contribution >= 0.6 is 12.6 Å². The fourth-order valence-electron chi connectivity index (χ4n) is 2.54. The van der Waals surface area contributed by atoms with Gasteiger partial charge in [0.2, 0.25) is 0 Å². The maximum Gasteiger partial charge on any atom is 0.296 e. The Labute approximate surface area is 161 Å². The summed E-state index contributed by atoms with van der Waals surface area (Å²) >= 11 is 4.23. The first-order chi connectivity index (χ1) is 12.7. The SMILES string of the molecule is C=Nc1ccc2c(O)c(N=Nc3cc(S)ccc3C)c(S(=O)(=O)O)cc2c1. The van der Waals surface area contributed by atoms with E-state index in [2.05, 4.69) is 34.6 Å². The lowest BCUT2D eigenvalue weighted by molar-refractivity contribution is 0.472. The second kappa shape index (κ2) is 7.10. The summed E-state index contributed by atoms with van der Waals surface area (Å²) in [6, 6.07) is 11.1. The Morgan fingerprint density at radius 2 is 1.81 bits per heavy atom. The van der Waals surface area contributed by atoms with Crippen molar-refractivity contribution in [2.75, 3.05) is 0 Å². The Kier molecular flexibility index (Phi) is 5.01. The number of fused-ring (bicyclic) bond motifs is 1. The number of aliphatic imine (C=N–C) groups is 1. The van der Waals surface area contributed by atoms with Gasteiger partial charge in [-0.05, 0) is 61.0 Å². The third-order valence-corrected chi connectivity index (χ3v) is 5.09. The fraction of sp³-hybridized carbons (Fsp3) is 0.0556. The van der Waals surface area contributed by atoms with Crippen molar-refractivity contribution in [1.82, 2.24) is 0 Å². The minimum absolute atomic E-state index is 0.336. The molecular weight excluding hydrogens is 386 g/mol. The standard InChI is InChI=1S/C18H15N3O4S2/c1-10-3-5-13(26)9-15(10)20-21-17-16(27(23,24)25)8-11-7-12(19-2)4-6-14(11)18(17)22/h3-9,22,26H,2H2,1H3,(H,23,24,25). The second-order valence-corrected chi connectivity index (χ2v) is 7.69. The molecule has 2 N–H and O–H groups in total. The summed E-state index contributed by atoms with van der Waals surface area (Å²) in [5.41, 5.74) is 1.37. The maximum absolute atomic E-state index is 11.8. The van der Waals surface area contributed by atoms with Gasteiger partial charge in [-0.3, -0.25) is 9.55 Å². The van der Waals surface area contributed by atoms with Crippen molar-refractivity contribution in [2.24, 2.45) is 15.2 Å². The van der Waals surface area contributed by atoms with Gasteiger partial charge in [0, 0.05) is 10.3 Å². The van der Waals surface area contributed by atoms with Crippen LogP contribution in [0.4, 0.5) is 17.1 Å². The van der Waals surface area contributed by atoms with E-state index in [0.29, 0.717) is 27.0 Å². The Morgan fingerprint density at radius 1 is 1.07 bits per heavy atom. The average molecular weight is 401 g/mol. The van der Waals surface area contributed by atoms with Gasteiger partial charge >= 0.3 is 0 Å². The zero-order chi connectivity index (χ0) is 19.8. The van der Waals surface area contributed by atoms with Crippen LogP contribution in [0.15, 0.2) is 67.5 Å². The smallest absolute Gasteiger partial charge is 0.296 e. The molecule has 0 aliphatic rings. The second-order valence-electron chi connectivity index (χ2n) is 5.78. The maximum atomic E-state index is 11.8. The number of hydrogen-bond donors (Lipinski definition) is 3. The normalized spacial score (nSPS) is 12.0. The van der Waals surface area contributed by atoms with Crippen LogP contribution in [0.1, 0.15) is 5.56 Å². The zero-order valence-corrected chi connectivity index (χ0v) is 15.9. The first kappa shape index (κ1) is 19.0. The summed E-state index contributed by atoms with van der Waals surface area (Å²) in [4.78, 5) is 3.86. The zero-order valence-electron chi connectivity index (χ0n) is 14.2. The molecule has 0 aromatic heterocycles. The first-order valence-corrected chi connectivity index (χ1v) is 9.54. The summed E-state index contributed by atoms with van der Waals surface area (Å²) in [5, 5.41) is 19.2. The van der Waals surface area contributed by atoms with Crippen molar-refractivity contribution in [1.29, 1.82) is 0 Å². The summed E-state index contributed by atoms with van der Waals surface area (Å²) in [6.45, 7) is 5.21. The molecule has 0 unspecified atom stereocenters. The molecule has 0 spiro atoms. The van der Waals surface area contributed by atoms with Gasteiger partial charge in [0.25, 0.3) is 10.1 Å². The van der Waals surface area contributed by atoms with Gasteiger partial charge < -0.3 is 5.11 Å². The Bertz CT molecular complexity index is 1200. The van der Waals surface area contributed by atoms with E-state index in [9.17, 15) is 18.1 Å². The van der Waals surface area contributed by atoms with Crippen molar-refractivity contribution < 1.29 is 18.1 Å². The molecule has 138 valence electrons. The van der Waals surface area contributed by atoms with Gasteiger partial charge in [-0.2, -0.15) is 13.5 Å². The van der Waals surface area contributed by atoms with E-state index in [1.807, 2.05) is 0 Å². The molecule has 3 aromatic carbocycles. The number of phenols is 1. The van der Waals surface area contributed by atoms with Gasteiger partial charge in [-0.1, -0.05) is 6.07 Å². The van der Waals surface area contributed by atoms with E-state index in [-0.39, 0.29) is 5.69 Å². The summed E-state index contributed by atoms with van der Waals surface area (Å²) < 4.78 is 33.3. The molecule has 0 aliphatic carbocycles. The molecule has 0 saturated carbocycles. The molecule has 0 fully saturated rings. The highest BCUT2D eigenvalue weighted by Crippen LogP contribution is 2.42. The fourth-order valence-corrected chi connectivity index (χ4v) is 3.39. The van der Waals surface area contributed by atoms with Crippen molar-refractivity contribution >= 4 is 57.3 Å². The van der Waals surface area contributed by atoms with Gasteiger partial charge in [0.1, 0.15) is 10.6 Å². The van der Waals surface area contributed by atoms with Crippen LogP contribution in [-0.2, 0) is 10.1 Å². The van der Waals surface area contributed by atoms with Crippen LogP contribution in [0.25, 0.3) is 10.8 Å². The molecule has 3 rings (SSSR count). The molecule has 0 atom stereocenters. The highest BCUT2D eigenvalue weighted by Gasteiger charge is 2.22. The number of rotatable bonds is 4. The lowest BCUT2D eigenvalue weighted by Crippen LogP contribution is -1.99. The van der Waals surface area contributed by atoms with Crippen molar-refractivity contribution in [3.05, 3.63) is 48.0 Å². The molecule has 27 heavy (non-hydrogen) atoms. The molecule has 7 nitrogen and oxygen atoms in total. The highest BCUT2D eigenvalue weighted by molar-refractivity contribution is 7.86. The minimum Gasteiger partial charge on any atom is -0.505 e. The van der Waals surface area contributed by atoms with E-state index in [4.69, 9.17) is 0 Å². The number of aromatic hydroxyl groups is 1. The first-order valence-electron chi connectivity index (χ1n) is 7.66. The largest absolute Gasteiger partial charge is 0.505 e. The number of phenolic OH excluding ortho intramolecular Hbond substituents is 1. The lowest BCUT2D eigenvalue weighted by Gasteiger charge is -2.09. The summed E-state index contributed by atoms with van der Waals surface area (Å²) in [5.74, 6) is -0.417. The monoisotopic (exact) mass is 401 g/mol. The Balaban J connectivity index is 2.27. The third-order valence-electron chi connectivity index (χ3n) is 3.95. The van der Waals surface area contributed by atoms with E-state index >= 15 is 0 Å². The average Bonchev–Trinajstić information content (AvgIpc) is 2.62.